The number of aromatic nitrogens is 4. The highest BCUT2D eigenvalue weighted by Gasteiger charge is 2.66. The Morgan fingerprint density at radius 3 is 1.51 bits per heavy atom. The van der Waals surface area contributed by atoms with E-state index >= 15 is 0 Å². The first-order valence-electron chi connectivity index (χ1n) is 23.2. The Bertz CT molecular complexity index is 2520. The number of nitrogens with zero attached hydrogens (tertiary/aromatic N) is 5. The maximum Gasteiger partial charge on any atom is 0.407 e. The van der Waals surface area contributed by atoms with Crippen LogP contribution in [0.2, 0.25) is 0 Å². The number of nitrogens with one attached hydrogen (secondary N) is 4. The Kier molecular flexibility index (Phi) is 11.0. The number of hydrogen-bond donors (Lipinski definition) is 4. The first-order valence-corrected chi connectivity index (χ1v) is 23.2. The summed E-state index contributed by atoms with van der Waals surface area (Å²) in [6, 6.07) is 11.9. The van der Waals surface area contributed by atoms with Gasteiger partial charge >= 0.3 is 12.2 Å². The predicted molar refractivity (Wildman–Crippen MR) is 246 cm³/mol. The van der Waals surface area contributed by atoms with Crippen LogP contribution in [0.3, 0.4) is 0 Å². The van der Waals surface area contributed by atoms with Crippen LogP contribution in [-0.2, 0) is 19.1 Å². The predicted octanol–water partition coefficient (Wildman–Crippen LogP) is 8.46. The van der Waals surface area contributed by atoms with Gasteiger partial charge in [-0.25, -0.2) is 19.6 Å². The number of carbonyl (C=O) groups excluding carboxylic acids is 4. The molecule has 4 fully saturated rings. The summed E-state index contributed by atoms with van der Waals surface area (Å²) in [5.74, 6) is 0.937. The van der Waals surface area contributed by atoms with Crippen molar-refractivity contribution in [1.82, 2.24) is 45.3 Å². The maximum atomic E-state index is 14.1. The van der Waals surface area contributed by atoms with Gasteiger partial charge in [-0.1, -0.05) is 91.8 Å². The number of hydrogen-bond acceptors (Lipinski definition) is 9. The lowest BCUT2D eigenvalue weighted by atomic mass is 9.68. The second kappa shape index (κ2) is 16.0. The summed E-state index contributed by atoms with van der Waals surface area (Å²) in [5.41, 5.74) is 9.03. The Hall–Kier alpha value is -5.70. The molecule has 5 aliphatic heterocycles. The summed E-state index contributed by atoms with van der Waals surface area (Å²) in [6.07, 6.45) is 6.23. The van der Waals surface area contributed by atoms with Gasteiger partial charge in [-0.3, -0.25) is 14.5 Å². The van der Waals surface area contributed by atoms with Gasteiger partial charge in [0, 0.05) is 36.3 Å². The molecule has 0 aliphatic carbocycles. The van der Waals surface area contributed by atoms with Gasteiger partial charge in [-0.05, 0) is 83.1 Å². The minimum Gasteiger partial charge on any atom is -0.453 e. The number of imidazole rings is 2. The van der Waals surface area contributed by atoms with Crippen LogP contribution in [0.25, 0.3) is 33.6 Å². The van der Waals surface area contributed by atoms with E-state index in [1.54, 1.807) is 0 Å². The number of benzene rings is 2. The zero-order chi connectivity index (χ0) is 46.5. The number of likely N-dealkylation sites (tertiary alicyclic amines) is 2. The molecule has 4 amide bonds. The molecule has 65 heavy (non-hydrogen) atoms. The minimum absolute atomic E-state index is 0.129. The van der Waals surface area contributed by atoms with Crippen LogP contribution in [0, 0.1) is 22.7 Å². The van der Waals surface area contributed by atoms with E-state index < -0.39 is 24.3 Å². The molecular weight excluding hydrogens is 823 g/mol. The second-order valence-corrected chi connectivity index (χ2v) is 21.7. The summed E-state index contributed by atoms with van der Waals surface area (Å²) in [6.45, 7) is 19.8. The number of H-pyrrole nitrogens is 2. The lowest BCUT2D eigenvalue weighted by Crippen LogP contribution is -2.66. The first kappa shape index (κ1) is 44.5. The molecule has 4 saturated heterocycles. The van der Waals surface area contributed by atoms with E-state index in [2.05, 4.69) is 96.5 Å². The number of methoxy groups -OCH3 is 2. The molecule has 5 aliphatic rings. The largest absolute Gasteiger partial charge is 0.453 e. The van der Waals surface area contributed by atoms with Crippen molar-refractivity contribution in [1.29, 1.82) is 0 Å². The van der Waals surface area contributed by atoms with Gasteiger partial charge in [-0.15, -0.1) is 0 Å². The van der Waals surface area contributed by atoms with Crippen LogP contribution in [0.5, 0.6) is 0 Å². The van der Waals surface area contributed by atoms with Gasteiger partial charge in [0.25, 0.3) is 0 Å². The van der Waals surface area contributed by atoms with Gasteiger partial charge < -0.3 is 39.9 Å². The molecule has 2 aromatic heterocycles. The highest BCUT2D eigenvalue weighted by Crippen LogP contribution is 2.71. The summed E-state index contributed by atoms with van der Waals surface area (Å²) in [7, 11) is 2.61. The highest BCUT2D eigenvalue weighted by molar-refractivity contribution is 5.88. The number of amides is 4. The van der Waals surface area contributed by atoms with E-state index in [0.29, 0.717) is 25.2 Å². The van der Waals surface area contributed by atoms with E-state index in [1.165, 1.54) is 30.9 Å². The topological polar surface area (TPSA) is 178 Å². The van der Waals surface area contributed by atoms with Crippen molar-refractivity contribution in [3.8, 4) is 33.6 Å². The van der Waals surface area contributed by atoms with Gasteiger partial charge in [-0.2, -0.15) is 0 Å². The summed E-state index contributed by atoms with van der Waals surface area (Å²) in [4.78, 5) is 76.0. The molecule has 4 aromatic rings. The normalized spacial score (nSPS) is 25.7. The molecule has 15 heteroatoms. The zero-order valence-electron chi connectivity index (χ0n) is 39.7. The van der Waals surface area contributed by atoms with Crippen LogP contribution in [-0.4, -0.2) is 104 Å². The Balaban J connectivity index is 0.987. The second-order valence-electron chi connectivity index (χ2n) is 21.7. The van der Waals surface area contributed by atoms with Crippen molar-refractivity contribution in [2.75, 3.05) is 27.3 Å². The molecule has 7 heterocycles. The van der Waals surface area contributed by atoms with Crippen molar-refractivity contribution >= 4 is 24.0 Å². The van der Waals surface area contributed by atoms with E-state index in [0.717, 1.165) is 65.4 Å². The Morgan fingerprint density at radius 1 is 0.615 bits per heavy atom. The van der Waals surface area contributed by atoms with Crippen molar-refractivity contribution in [2.45, 2.75) is 130 Å². The number of fused-ring (bicyclic) bond motifs is 3. The van der Waals surface area contributed by atoms with Crippen LogP contribution < -0.4 is 10.6 Å². The third kappa shape index (κ3) is 7.66. The quantitative estimate of drug-likeness (QED) is 0.115. The molecule has 9 rings (SSSR count). The standard InChI is InChI=1S/C50H65N9O6/c1-26(2)40(55-46(62)64-10)44(60)57-24-48(5,6)18-36(57)42-51-22-32(53-42)29-14-12-28(13-15-29)30-16-17-31(39-35-21-50(9)20-34(38(30)39)59(35)50)33-23-52-43(54-33)37-19-49(7,8)25-58(37)45(61)41(27(3)4)56-47(63)65-11/h12-17,22-23,26-27,34-37,40-41H,18-21,24-25H2,1-11H3,(H,51,53)(H,52,54)(H,55,62)(H,56,63)/t34?,35?,36-,37-,40-,41?,50?/m0/s1. The van der Waals surface area contributed by atoms with Crippen LogP contribution >= 0.6 is 0 Å². The molecule has 0 bridgehead atoms. The molecule has 0 radical (unpaired) electrons. The number of alkyl carbamates (subject to hydrolysis) is 2. The molecule has 15 nitrogen and oxygen atoms in total. The fraction of sp³-hybridized carbons (Fsp3) is 0.560. The van der Waals surface area contributed by atoms with Crippen molar-refractivity contribution in [2.24, 2.45) is 22.7 Å². The third-order valence-corrected chi connectivity index (χ3v) is 14.9. The van der Waals surface area contributed by atoms with Gasteiger partial charge in [0.05, 0.1) is 50.1 Å². The number of piperidine rings is 1. The monoisotopic (exact) mass is 888 g/mol. The van der Waals surface area contributed by atoms with Crippen LogP contribution in [0.15, 0.2) is 48.8 Å². The minimum atomic E-state index is -0.720. The Labute approximate surface area is 381 Å². The average Bonchev–Trinajstić information content (AvgIpc) is 4.08. The number of carbonyl (C=O) groups is 4. The molecular formula is C50H65N9O6. The fourth-order valence-corrected chi connectivity index (χ4v) is 11.8. The van der Waals surface area contributed by atoms with Crippen molar-refractivity contribution < 1.29 is 28.7 Å². The molecule has 4 unspecified atom stereocenters. The number of rotatable bonds is 11. The van der Waals surface area contributed by atoms with Gasteiger partial charge in [0.1, 0.15) is 23.7 Å². The zero-order valence-corrected chi connectivity index (χ0v) is 39.7. The van der Waals surface area contributed by atoms with Crippen molar-refractivity contribution in [3.05, 3.63) is 71.6 Å². The lowest BCUT2D eigenvalue weighted by Gasteiger charge is -2.65. The Morgan fingerprint density at radius 2 is 1.05 bits per heavy atom. The van der Waals surface area contributed by atoms with Gasteiger partial charge in [0.15, 0.2) is 0 Å². The number of aromatic amines is 2. The van der Waals surface area contributed by atoms with Crippen molar-refractivity contribution in [3.63, 3.8) is 0 Å². The van der Waals surface area contributed by atoms with Gasteiger partial charge in [0.2, 0.25) is 11.8 Å². The SMILES string of the molecule is COC(=O)NC(C(=O)N1CC(C)(C)C[C@H]1c1ncc(-c2ccc(-c3ccc(-c4cnc([C@@H]5CC(C)(C)CN5C(=O)[C@@H](NC(=O)OC)C(C)C)[nH]4)cc3)c3c2C2CC4(C)CC3N24)[nH]1)C(C)C. The summed E-state index contributed by atoms with van der Waals surface area (Å²) in [5, 5.41) is 5.52. The molecule has 0 saturated carbocycles. The first-order chi connectivity index (χ1) is 30.7. The number of ether oxygens (including phenoxy) is 2. The molecule has 346 valence electrons. The highest BCUT2D eigenvalue weighted by atomic mass is 16.5. The van der Waals surface area contributed by atoms with E-state index in [9.17, 15) is 19.2 Å². The summed E-state index contributed by atoms with van der Waals surface area (Å²) < 4.78 is 9.71. The third-order valence-electron chi connectivity index (χ3n) is 14.9. The molecule has 2 aromatic carbocycles. The van der Waals surface area contributed by atoms with E-state index in [-0.39, 0.29) is 52.1 Å². The van der Waals surface area contributed by atoms with E-state index in [4.69, 9.17) is 19.4 Å². The molecule has 0 spiro atoms. The summed E-state index contributed by atoms with van der Waals surface area (Å²) >= 11 is 0. The van der Waals surface area contributed by atoms with E-state index in [1.807, 2.05) is 49.9 Å². The smallest absolute Gasteiger partial charge is 0.407 e. The lowest BCUT2D eigenvalue weighted by molar-refractivity contribution is -0.177. The fourth-order valence-electron chi connectivity index (χ4n) is 11.8. The molecule has 4 N–H and O–H groups in total. The molecule has 7 atom stereocenters. The average molecular weight is 888 g/mol. The maximum absolute atomic E-state index is 14.1. The van der Waals surface area contributed by atoms with Crippen LogP contribution in [0.1, 0.15) is 135 Å². The van der Waals surface area contributed by atoms with Crippen LogP contribution in [0.4, 0.5) is 9.59 Å².